The van der Waals surface area contributed by atoms with Crippen LogP contribution in [0.25, 0.3) is 27.9 Å². The second-order valence-electron chi connectivity index (χ2n) is 6.58. The molecule has 134 valence electrons. The minimum atomic E-state index is -0.0519. The maximum Gasteiger partial charge on any atom is 0.251 e. The average molecular weight is 355 g/mol. The Bertz CT molecular complexity index is 1160. The molecule has 0 bridgehead atoms. The number of aromatic amines is 1. The van der Waals surface area contributed by atoms with Crippen molar-refractivity contribution in [1.82, 2.24) is 9.97 Å². The molecule has 0 unspecified atom stereocenters. The zero-order valence-electron chi connectivity index (χ0n) is 15.4. The lowest BCUT2D eigenvalue weighted by molar-refractivity contribution is -0.114. The Balaban J connectivity index is 1.63. The maximum absolute atomic E-state index is 12.7. The number of anilines is 1. The fraction of sp³-hybridized carbons (Fsp3) is 0.130. The Labute approximate surface area is 158 Å². The minimum absolute atomic E-state index is 0.0519. The van der Waals surface area contributed by atoms with Crippen molar-refractivity contribution >= 4 is 39.5 Å². The number of H-pyrrole nitrogens is 1. The van der Waals surface area contributed by atoms with Crippen molar-refractivity contribution in [2.45, 2.75) is 13.8 Å². The van der Waals surface area contributed by atoms with Crippen LogP contribution in [0.4, 0.5) is 5.69 Å². The van der Waals surface area contributed by atoms with E-state index in [0.717, 1.165) is 38.8 Å². The Hall–Kier alpha value is -3.40. The number of likely N-dealkylation sites (N-methyl/N-ethyl adjacent to an activating group) is 1. The van der Waals surface area contributed by atoms with Crippen LogP contribution in [0.5, 0.6) is 0 Å². The zero-order valence-corrected chi connectivity index (χ0v) is 15.4. The molecule has 0 atom stereocenters. The Morgan fingerprint density at radius 1 is 1.07 bits per heavy atom. The SMILES string of the molecule is CCN(C(=O)/C=C/c1cc2c(cn1)[nH]c1ccccc12)c1cccc(C)c1. The Morgan fingerprint density at radius 2 is 1.93 bits per heavy atom. The number of hydrogen-bond acceptors (Lipinski definition) is 2. The van der Waals surface area contributed by atoms with E-state index in [1.807, 2.05) is 62.5 Å². The molecule has 2 aromatic carbocycles. The van der Waals surface area contributed by atoms with Crippen LogP contribution < -0.4 is 4.90 Å². The normalized spacial score (nSPS) is 11.5. The van der Waals surface area contributed by atoms with E-state index in [4.69, 9.17) is 0 Å². The second-order valence-corrected chi connectivity index (χ2v) is 6.58. The molecule has 1 amide bonds. The summed E-state index contributed by atoms with van der Waals surface area (Å²) >= 11 is 0. The van der Waals surface area contributed by atoms with Gasteiger partial charge in [-0.1, -0.05) is 30.3 Å². The molecule has 0 fully saturated rings. The third kappa shape index (κ3) is 3.34. The third-order valence-corrected chi connectivity index (χ3v) is 4.70. The van der Waals surface area contributed by atoms with E-state index < -0.39 is 0 Å². The monoisotopic (exact) mass is 355 g/mol. The molecule has 4 aromatic rings. The molecule has 2 aromatic heterocycles. The molecular formula is C23H21N3O. The van der Waals surface area contributed by atoms with Crippen LogP contribution in [0.3, 0.4) is 0 Å². The molecule has 0 spiro atoms. The van der Waals surface area contributed by atoms with Gasteiger partial charge in [-0.3, -0.25) is 9.78 Å². The largest absolute Gasteiger partial charge is 0.353 e. The molecule has 0 aliphatic rings. The van der Waals surface area contributed by atoms with Gasteiger partial charge in [0, 0.05) is 34.6 Å². The average Bonchev–Trinajstić information content (AvgIpc) is 3.05. The standard InChI is InChI=1S/C23H21N3O/c1-3-26(18-8-6-7-16(2)13-18)23(27)12-11-17-14-20-19-9-4-5-10-21(19)25-22(20)15-24-17/h4-15,25H,3H2,1-2H3/b12-11+. The van der Waals surface area contributed by atoms with Crippen molar-refractivity contribution in [3.63, 3.8) is 0 Å². The highest BCUT2D eigenvalue weighted by atomic mass is 16.2. The van der Waals surface area contributed by atoms with Crippen molar-refractivity contribution in [2.24, 2.45) is 0 Å². The van der Waals surface area contributed by atoms with Gasteiger partial charge in [0.2, 0.25) is 0 Å². The van der Waals surface area contributed by atoms with Crippen molar-refractivity contribution in [3.8, 4) is 0 Å². The van der Waals surface area contributed by atoms with Crippen LogP contribution in [-0.2, 0) is 4.79 Å². The van der Waals surface area contributed by atoms with E-state index in [-0.39, 0.29) is 5.91 Å². The molecule has 0 radical (unpaired) electrons. The van der Waals surface area contributed by atoms with Crippen molar-refractivity contribution in [3.05, 3.63) is 78.1 Å². The number of hydrogen-bond donors (Lipinski definition) is 1. The number of nitrogens with one attached hydrogen (secondary N) is 1. The van der Waals surface area contributed by atoms with Crippen molar-refractivity contribution in [1.29, 1.82) is 0 Å². The van der Waals surface area contributed by atoms with Gasteiger partial charge in [-0.05, 0) is 49.8 Å². The number of amides is 1. The Morgan fingerprint density at radius 3 is 2.74 bits per heavy atom. The summed E-state index contributed by atoms with van der Waals surface area (Å²) in [5.74, 6) is -0.0519. The number of aryl methyl sites for hydroxylation is 1. The number of para-hydroxylation sites is 1. The zero-order chi connectivity index (χ0) is 18.8. The molecular weight excluding hydrogens is 334 g/mol. The van der Waals surface area contributed by atoms with Gasteiger partial charge < -0.3 is 9.88 Å². The van der Waals surface area contributed by atoms with Crippen LogP contribution in [0.15, 0.2) is 66.9 Å². The molecule has 0 saturated heterocycles. The first-order valence-corrected chi connectivity index (χ1v) is 9.08. The lowest BCUT2D eigenvalue weighted by atomic mass is 10.1. The van der Waals surface area contributed by atoms with Gasteiger partial charge in [0.25, 0.3) is 5.91 Å². The van der Waals surface area contributed by atoms with E-state index >= 15 is 0 Å². The molecule has 27 heavy (non-hydrogen) atoms. The predicted octanol–water partition coefficient (Wildman–Crippen LogP) is 5.09. The smallest absolute Gasteiger partial charge is 0.251 e. The van der Waals surface area contributed by atoms with Gasteiger partial charge in [0.15, 0.2) is 0 Å². The van der Waals surface area contributed by atoms with Crippen molar-refractivity contribution < 1.29 is 4.79 Å². The summed E-state index contributed by atoms with van der Waals surface area (Å²) in [6.07, 6.45) is 5.19. The quantitative estimate of drug-likeness (QED) is 0.518. The fourth-order valence-corrected chi connectivity index (χ4v) is 3.37. The van der Waals surface area contributed by atoms with Gasteiger partial charge in [-0.2, -0.15) is 0 Å². The van der Waals surface area contributed by atoms with Crippen LogP contribution in [-0.4, -0.2) is 22.4 Å². The lowest BCUT2D eigenvalue weighted by Crippen LogP contribution is -2.28. The lowest BCUT2D eigenvalue weighted by Gasteiger charge is -2.19. The van der Waals surface area contributed by atoms with Crippen LogP contribution >= 0.6 is 0 Å². The molecule has 2 heterocycles. The highest BCUT2D eigenvalue weighted by molar-refractivity contribution is 6.08. The first kappa shape index (κ1) is 17.0. The molecule has 0 aliphatic heterocycles. The summed E-state index contributed by atoms with van der Waals surface area (Å²) in [4.78, 5) is 22.3. The summed E-state index contributed by atoms with van der Waals surface area (Å²) in [7, 11) is 0. The van der Waals surface area contributed by atoms with Gasteiger partial charge in [0.1, 0.15) is 0 Å². The Kier molecular flexibility index (Phi) is 4.47. The third-order valence-electron chi connectivity index (χ3n) is 4.70. The minimum Gasteiger partial charge on any atom is -0.353 e. The number of carbonyl (C=O) groups is 1. The topological polar surface area (TPSA) is 49.0 Å². The van der Waals surface area contributed by atoms with Crippen LogP contribution in [0.2, 0.25) is 0 Å². The summed E-state index contributed by atoms with van der Waals surface area (Å²) in [6, 6.07) is 18.2. The first-order chi connectivity index (χ1) is 13.2. The fourth-order valence-electron chi connectivity index (χ4n) is 3.37. The van der Waals surface area contributed by atoms with Crippen LogP contribution in [0, 0.1) is 6.92 Å². The summed E-state index contributed by atoms with van der Waals surface area (Å²) < 4.78 is 0. The number of fused-ring (bicyclic) bond motifs is 3. The number of nitrogens with zero attached hydrogens (tertiary/aromatic N) is 2. The van der Waals surface area contributed by atoms with E-state index in [1.165, 1.54) is 0 Å². The van der Waals surface area contributed by atoms with E-state index in [1.54, 1.807) is 17.1 Å². The molecule has 1 N–H and O–H groups in total. The number of rotatable bonds is 4. The molecule has 4 rings (SSSR count). The summed E-state index contributed by atoms with van der Waals surface area (Å²) in [5.41, 5.74) is 4.89. The van der Waals surface area contributed by atoms with Crippen LogP contribution in [0.1, 0.15) is 18.2 Å². The molecule has 0 saturated carbocycles. The molecule has 4 nitrogen and oxygen atoms in total. The second kappa shape index (κ2) is 7.08. The van der Waals surface area contributed by atoms with Gasteiger partial charge >= 0.3 is 0 Å². The number of benzene rings is 2. The summed E-state index contributed by atoms with van der Waals surface area (Å²) in [5, 5.41) is 2.27. The highest BCUT2D eigenvalue weighted by Gasteiger charge is 2.11. The van der Waals surface area contributed by atoms with Gasteiger partial charge in [0.05, 0.1) is 17.4 Å². The predicted molar refractivity (Wildman–Crippen MR) is 112 cm³/mol. The number of carbonyl (C=O) groups excluding carboxylic acids is 1. The van der Waals surface area contributed by atoms with Crippen molar-refractivity contribution in [2.75, 3.05) is 11.4 Å². The first-order valence-electron chi connectivity index (χ1n) is 9.08. The van der Waals surface area contributed by atoms with E-state index in [9.17, 15) is 4.79 Å². The number of aromatic nitrogens is 2. The van der Waals surface area contributed by atoms with Gasteiger partial charge in [-0.15, -0.1) is 0 Å². The van der Waals surface area contributed by atoms with Gasteiger partial charge in [-0.25, -0.2) is 0 Å². The number of pyridine rings is 1. The molecule has 0 aliphatic carbocycles. The highest BCUT2D eigenvalue weighted by Crippen LogP contribution is 2.25. The maximum atomic E-state index is 12.7. The molecule has 4 heteroatoms. The van der Waals surface area contributed by atoms with E-state index in [2.05, 4.69) is 22.1 Å². The summed E-state index contributed by atoms with van der Waals surface area (Å²) in [6.45, 7) is 4.61. The van der Waals surface area contributed by atoms with E-state index in [0.29, 0.717) is 6.54 Å².